The Morgan fingerprint density at radius 1 is 0.955 bits per heavy atom. The zero-order valence-electron chi connectivity index (χ0n) is 10.7. The van der Waals surface area contributed by atoms with Gasteiger partial charge in [-0.05, 0) is 0 Å². The second-order valence-electron chi connectivity index (χ2n) is 4.17. The molecule has 22 heavy (non-hydrogen) atoms. The first-order valence-corrected chi connectivity index (χ1v) is 5.69. The van der Waals surface area contributed by atoms with E-state index >= 15 is 0 Å². The van der Waals surface area contributed by atoms with Crippen LogP contribution in [0.1, 0.15) is 6.42 Å². The molecule has 0 aliphatic rings. The molecular weight excluding hydrogens is 333 g/mol. The molecular formula is C10H18KNO10. The molecule has 5 atom stereocenters. The van der Waals surface area contributed by atoms with E-state index in [4.69, 9.17) is 20.4 Å². The Bertz CT molecular complexity index is 392. The molecule has 0 bridgehead atoms. The van der Waals surface area contributed by atoms with Crippen molar-refractivity contribution in [1.29, 1.82) is 0 Å². The Balaban J connectivity index is 0. The van der Waals surface area contributed by atoms with Crippen molar-refractivity contribution in [3.8, 4) is 0 Å². The predicted octanol–water partition coefficient (Wildman–Crippen LogP) is -5.18. The molecule has 0 aromatic rings. The third kappa shape index (κ3) is 7.91. The molecule has 0 radical (unpaired) electrons. The maximum atomic E-state index is 11.5. The molecule has 0 saturated carbocycles. The molecule has 0 spiro atoms. The Hall–Kier alpha value is -0.154. The van der Waals surface area contributed by atoms with Crippen molar-refractivity contribution in [3.63, 3.8) is 0 Å². The molecule has 0 aliphatic heterocycles. The van der Waals surface area contributed by atoms with Crippen LogP contribution in [-0.4, -0.2) is 142 Å². The summed E-state index contributed by atoms with van der Waals surface area (Å²) in [7, 11) is 0. The summed E-state index contributed by atoms with van der Waals surface area (Å²) < 4.78 is 0. The molecule has 124 valence electrons. The maximum absolute atomic E-state index is 11.5. The van der Waals surface area contributed by atoms with Crippen LogP contribution in [0.4, 0.5) is 0 Å². The van der Waals surface area contributed by atoms with Gasteiger partial charge in [0.1, 0.15) is 24.4 Å². The zero-order chi connectivity index (χ0) is 16.7. The number of nitrogens with one attached hydrogen (secondary N) is 1. The Labute approximate surface area is 167 Å². The molecule has 8 N–H and O–H groups in total. The fourth-order valence-corrected chi connectivity index (χ4v) is 1.31. The minimum atomic E-state index is -2.34. The van der Waals surface area contributed by atoms with Gasteiger partial charge in [0.05, 0.1) is 13.0 Å². The number of rotatable bonds is 9. The SMILES string of the molecule is O=C(O)C[C@H](NC(=O)[C@H](O)[C@@H](O)[C@H](O)[C@H](O)CO)C(=O)O.[KH]. The van der Waals surface area contributed by atoms with Crippen molar-refractivity contribution in [1.82, 2.24) is 5.32 Å². The van der Waals surface area contributed by atoms with Gasteiger partial charge in [-0.1, -0.05) is 0 Å². The summed E-state index contributed by atoms with van der Waals surface area (Å²) in [5.74, 6) is -4.66. The van der Waals surface area contributed by atoms with Crippen LogP contribution in [0.3, 0.4) is 0 Å². The van der Waals surface area contributed by atoms with Crippen LogP contribution < -0.4 is 5.32 Å². The number of aliphatic hydroxyl groups is 5. The Kier molecular flexibility index (Phi) is 12.5. The van der Waals surface area contributed by atoms with E-state index in [-0.39, 0.29) is 51.4 Å². The van der Waals surface area contributed by atoms with E-state index in [1.807, 2.05) is 0 Å². The van der Waals surface area contributed by atoms with Crippen LogP contribution in [0.15, 0.2) is 0 Å². The van der Waals surface area contributed by atoms with Gasteiger partial charge in [-0.3, -0.25) is 9.59 Å². The molecule has 0 fully saturated rings. The van der Waals surface area contributed by atoms with E-state index in [1.54, 1.807) is 5.32 Å². The molecule has 1 amide bonds. The van der Waals surface area contributed by atoms with Gasteiger partial charge in [0.15, 0.2) is 6.10 Å². The molecule has 0 rings (SSSR count). The van der Waals surface area contributed by atoms with E-state index in [0.717, 1.165) is 0 Å². The second-order valence-corrected chi connectivity index (χ2v) is 4.17. The molecule has 0 unspecified atom stereocenters. The van der Waals surface area contributed by atoms with E-state index < -0.39 is 61.3 Å². The molecule has 0 aliphatic carbocycles. The van der Waals surface area contributed by atoms with Crippen LogP contribution in [0, 0.1) is 0 Å². The van der Waals surface area contributed by atoms with Crippen molar-refractivity contribution in [2.24, 2.45) is 0 Å². The third-order valence-corrected chi connectivity index (χ3v) is 2.52. The first-order chi connectivity index (χ1) is 9.61. The number of aliphatic carboxylic acids is 2. The number of hydrogen-bond acceptors (Lipinski definition) is 8. The van der Waals surface area contributed by atoms with Crippen LogP contribution in [0.2, 0.25) is 0 Å². The van der Waals surface area contributed by atoms with Gasteiger partial charge in [-0.25, -0.2) is 4.79 Å². The monoisotopic (exact) mass is 351 g/mol. The van der Waals surface area contributed by atoms with E-state index in [9.17, 15) is 29.7 Å². The van der Waals surface area contributed by atoms with E-state index in [2.05, 4.69) is 0 Å². The van der Waals surface area contributed by atoms with Crippen LogP contribution in [0.25, 0.3) is 0 Å². The number of hydrogen-bond donors (Lipinski definition) is 8. The van der Waals surface area contributed by atoms with E-state index in [0.29, 0.717) is 0 Å². The second kappa shape index (κ2) is 11.4. The normalized spacial score (nSPS) is 17.3. The number of carbonyl (C=O) groups is 3. The van der Waals surface area contributed by atoms with Gasteiger partial charge >= 0.3 is 63.3 Å². The first-order valence-electron chi connectivity index (χ1n) is 5.69. The molecule has 11 nitrogen and oxygen atoms in total. The Morgan fingerprint density at radius 2 is 1.45 bits per heavy atom. The topological polar surface area (TPSA) is 205 Å². The average molecular weight is 351 g/mol. The van der Waals surface area contributed by atoms with Crippen LogP contribution >= 0.6 is 0 Å². The molecule has 0 aromatic heterocycles. The van der Waals surface area contributed by atoms with E-state index in [1.165, 1.54) is 0 Å². The molecule has 0 aromatic carbocycles. The quantitative estimate of drug-likeness (QED) is 0.185. The summed E-state index contributed by atoms with van der Waals surface area (Å²) in [6, 6.07) is -1.85. The number of carboxylic acids is 2. The summed E-state index contributed by atoms with van der Waals surface area (Å²) in [5, 5.41) is 64.5. The van der Waals surface area contributed by atoms with Gasteiger partial charge in [-0.2, -0.15) is 0 Å². The van der Waals surface area contributed by atoms with Gasteiger partial charge in [-0.15, -0.1) is 0 Å². The summed E-state index contributed by atoms with van der Waals surface area (Å²) >= 11 is 0. The van der Waals surface area contributed by atoms with Gasteiger partial charge < -0.3 is 41.1 Å². The number of aliphatic hydroxyl groups excluding tert-OH is 5. The molecule has 0 heterocycles. The Morgan fingerprint density at radius 3 is 1.82 bits per heavy atom. The number of carboxylic acid groups (broad SMARTS) is 2. The standard InChI is InChI=1S/C10H17NO10.K.H/c12-2-4(13)6(16)7(17)8(18)9(19)11-3(10(20)21)1-5(14)15;;/h3-4,6-8,12-13,16-18H,1-2H2,(H,11,19)(H,14,15)(H,20,21);;/t3-,4+,6+,7-,8+;;/m0../s1. The fourth-order valence-electron chi connectivity index (χ4n) is 1.31. The van der Waals surface area contributed by atoms with Gasteiger partial charge in [0.2, 0.25) is 0 Å². The van der Waals surface area contributed by atoms with Crippen LogP contribution in [-0.2, 0) is 14.4 Å². The van der Waals surface area contributed by atoms with Crippen LogP contribution in [0.5, 0.6) is 0 Å². The summed E-state index contributed by atoms with van der Waals surface area (Å²) in [4.78, 5) is 32.6. The minimum absolute atomic E-state index is 0. The molecule has 12 heteroatoms. The first kappa shape index (κ1) is 24.1. The predicted molar refractivity (Wildman–Crippen MR) is 70.1 cm³/mol. The fraction of sp³-hybridized carbons (Fsp3) is 0.700. The average Bonchev–Trinajstić information content (AvgIpc) is 2.42. The summed E-state index contributed by atoms with van der Waals surface area (Å²) in [5.41, 5.74) is 0. The molecule has 0 saturated heterocycles. The summed E-state index contributed by atoms with van der Waals surface area (Å²) in [6.45, 7) is -0.955. The van der Waals surface area contributed by atoms with Crippen molar-refractivity contribution in [3.05, 3.63) is 0 Å². The third-order valence-electron chi connectivity index (χ3n) is 2.52. The van der Waals surface area contributed by atoms with Crippen molar-refractivity contribution in [2.75, 3.05) is 6.61 Å². The van der Waals surface area contributed by atoms with Crippen molar-refractivity contribution < 1.29 is 50.1 Å². The van der Waals surface area contributed by atoms with Gasteiger partial charge in [0.25, 0.3) is 5.91 Å². The number of amides is 1. The summed E-state index contributed by atoms with van der Waals surface area (Å²) in [6.07, 6.45) is -9.43. The van der Waals surface area contributed by atoms with Crippen molar-refractivity contribution >= 4 is 69.2 Å². The van der Waals surface area contributed by atoms with Crippen molar-refractivity contribution in [2.45, 2.75) is 36.9 Å². The zero-order valence-corrected chi connectivity index (χ0v) is 10.7. The van der Waals surface area contributed by atoms with Gasteiger partial charge in [0, 0.05) is 0 Å². The number of carbonyl (C=O) groups excluding carboxylic acids is 1.